The molecule has 5 nitrogen and oxygen atoms in total. The zero-order valence-electron chi connectivity index (χ0n) is 10.2. The summed E-state index contributed by atoms with van der Waals surface area (Å²) in [5, 5.41) is 0. The fourth-order valence-electron chi connectivity index (χ4n) is 1.71. The Bertz CT molecular complexity index is 467. The molecule has 0 bridgehead atoms. The van der Waals surface area contributed by atoms with Gasteiger partial charge in [0.25, 0.3) is 0 Å². The van der Waals surface area contributed by atoms with Gasteiger partial charge < -0.3 is 19.2 Å². The summed E-state index contributed by atoms with van der Waals surface area (Å²) in [5.74, 6) is 2.28. The molecule has 1 heterocycles. The van der Waals surface area contributed by atoms with Gasteiger partial charge in [0.2, 0.25) is 0 Å². The molecule has 0 saturated carbocycles. The second-order valence-electron chi connectivity index (χ2n) is 3.65. The van der Waals surface area contributed by atoms with Gasteiger partial charge in [0.05, 0.1) is 31.9 Å². The second kappa shape index (κ2) is 5.05. The highest BCUT2D eigenvalue weighted by Crippen LogP contribution is 2.30. The van der Waals surface area contributed by atoms with Gasteiger partial charge in [-0.2, -0.15) is 0 Å². The van der Waals surface area contributed by atoms with Crippen LogP contribution in [0.4, 0.5) is 0 Å². The Morgan fingerprint density at radius 2 is 1.82 bits per heavy atom. The van der Waals surface area contributed by atoms with Gasteiger partial charge in [-0.25, -0.2) is 4.98 Å². The highest BCUT2D eigenvalue weighted by molar-refractivity contribution is 5.79. The number of aromatic amines is 1. The molecule has 5 heteroatoms. The lowest BCUT2D eigenvalue weighted by Crippen LogP contribution is -1.95. The van der Waals surface area contributed by atoms with Gasteiger partial charge >= 0.3 is 0 Å². The molecule has 1 N–H and O–H groups in total. The van der Waals surface area contributed by atoms with E-state index in [-0.39, 0.29) is 0 Å². The maximum Gasteiger partial charge on any atom is 0.163 e. The normalized spacial score (nSPS) is 10.8. The maximum atomic E-state index is 5.24. The minimum atomic E-state index is 0.647. The Kier molecular flexibility index (Phi) is 3.49. The molecule has 0 aliphatic carbocycles. The van der Waals surface area contributed by atoms with Crippen LogP contribution in [0, 0.1) is 0 Å². The van der Waals surface area contributed by atoms with E-state index < -0.39 is 0 Å². The minimum Gasteiger partial charge on any atom is -0.493 e. The Morgan fingerprint density at radius 1 is 1.12 bits per heavy atom. The number of ether oxygens (including phenoxy) is 3. The molecule has 0 radical (unpaired) electrons. The van der Waals surface area contributed by atoms with E-state index in [2.05, 4.69) is 9.97 Å². The molecule has 0 aliphatic rings. The summed E-state index contributed by atoms with van der Waals surface area (Å²) in [4.78, 5) is 7.69. The Hall–Kier alpha value is -1.75. The molecule has 1 aromatic carbocycles. The van der Waals surface area contributed by atoms with Crippen molar-refractivity contribution in [3.8, 4) is 11.5 Å². The lowest BCUT2D eigenvalue weighted by atomic mass is 10.3. The van der Waals surface area contributed by atoms with Crippen molar-refractivity contribution in [2.45, 2.75) is 6.42 Å². The van der Waals surface area contributed by atoms with Crippen LogP contribution in [-0.4, -0.2) is 37.9 Å². The van der Waals surface area contributed by atoms with Crippen LogP contribution < -0.4 is 9.47 Å². The third kappa shape index (κ3) is 2.34. The van der Waals surface area contributed by atoms with Gasteiger partial charge in [-0.3, -0.25) is 0 Å². The number of fused-ring (bicyclic) bond motifs is 1. The zero-order chi connectivity index (χ0) is 12.3. The fraction of sp³-hybridized carbons (Fsp3) is 0.417. The number of imidazole rings is 1. The Balaban J connectivity index is 2.39. The van der Waals surface area contributed by atoms with Crippen LogP contribution in [0.3, 0.4) is 0 Å². The van der Waals surface area contributed by atoms with Crippen molar-refractivity contribution < 1.29 is 14.2 Å². The van der Waals surface area contributed by atoms with Crippen molar-refractivity contribution in [2.75, 3.05) is 27.9 Å². The summed E-state index contributed by atoms with van der Waals surface area (Å²) in [5.41, 5.74) is 1.81. The molecular weight excluding hydrogens is 220 g/mol. The number of aromatic nitrogens is 2. The van der Waals surface area contributed by atoms with Crippen LogP contribution >= 0.6 is 0 Å². The molecule has 0 unspecified atom stereocenters. The molecule has 0 atom stereocenters. The van der Waals surface area contributed by atoms with Crippen LogP contribution in [0.1, 0.15) is 5.82 Å². The SMILES string of the molecule is COCCc1nc2cc(OC)c(OC)cc2[nH]1. The van der Waals surface area contributed by atoms with E-state index in [0.29, 0.717) is 18.1 Å². The average Bonchev–Trinajstić information content (AvgIpc) is 2.76. The van der Waals surface area contributed by atoms with Gasteiger partial charge in [-0.05, 0) is 0 Å². The van der Waals surface area contributed by atoms with E-state index in [1.165, 1.54) is 0 Å². The van der Waals surface area contributed by atoms with E-state index in [1.807, 2.05) is 12.1 Å². The lowest BCUT2D eigenvalue weighted by Gasteiger charge is -2.06. The number of hydrogen-bond acceptors (Lipinski definition) is 4. The van der Waals surface area contributed by atoms with Gasteiger partial charge in [0.1, 0.15) is 5.82 Å². The molecule has 1 aromatic heterocycles. The number of hydrogen-bond donors (Lipinski definition) is 1. The monoisotopic (exact) mass is 236 g/mol. The Labute approximate surface area is 99.7 Å². The molecule has 0 saturated heterocycles. The van der Waals surface area contributed by atoms with Gasteiger partial charge in [-0.15, -0.1) is 0 Å². The van der Waals surface area contributed by atoms with E-state index in [1.54, 1.807) is 21.3 Å². The second-order valence-corrected chi connectivity index (χ2v) is 3.65. The summed E-state index contributed by atoms with van der Waals surface area (Å²) >= 11 is 0. The van der Waals surface area contributed by atoms with Crippen molar-refractivity contribution >= 4 is 11.0 Å². The first-order valence-electron chi connectivity index (χ1n) is 5.38. The van der Waals surface area contributed by atoms with Gasteiger partial charge in [-0.1, -0.05) is 0 Å². The topological polar surface area (TPSA) is 56.4 Å². The number of methoxy groups -OCH3 is 3. The van der Waals surface area contributed by atoms with Crippen LogP contribution in [0.2, 0.25) is 0 Å². The highest BCUT2D eigenvalue weighted by atomic mass is 16.5. The van der Waals surface area contributed by atoms with Crippen LogP contribution in [-0.2, 0) is 11.2 Å². The first-order chi connectivity index (χ1) is 8.28. The predicted molar refractivity (Wildman–Crippen MR) is 64.8 cm³/mol. The third-order valence-electron chi connectivity index (χ3n) is 2.58. The lowest BCUT2D eigenvalue weighted by molar-refractivity contribution is 0.201. The van der Waals surface area contributed by atoms with Crippen molar-refractivity contribution in [3.63, 3.8) is 0 Å². The van der Waals surface area contributed by atoms with Crippen molar-refractivity contribution in [2.24, 2.45) is 0 Å². The molecule has 0 spiro atoms. The predicted octanol–water partition coefficient (Wildman–Crippen LogP) is 1.77. The Morgan fingerprint density at radius 3 is 2.47 bits per heavy atom. The van der Waals surface area contributed by atoms with Crippen molar-refractivity contribution in [3.05, 3.63) is 18.0 Å². The zero-order valence-corrected chi connectivity index (χ0v) is 10.2. The number of H-pyrrole nitrogens is 1. The number of rotatable bonds is 5. The van der Waals surface area contributed by atoms with Gasteiger partial charge in [0, 0.05) is 25.7 Å². The summed E-state index contributed by atoms with van der Waals surface area (Å²) in [7, 11) is 4.91. The van der Waals surface area contributed by atoms with Gasteiger partial charge in [0.15, 0.2) is 11.5 Å². The third-order valence-corrected chi connectivity index (χ3v) is 2.58. The smallest absolute Gasteiger partial charge is 0.163 e. The number of nitrogens with zero attached hydrogens (tertiary/aromatic N) is 1. The molecule has 2 aromatic rings. The molecule has 0 amide bonds. The van der Waals surface area contributed by atoms with Crippen molar-refractivity contribution in [1.29, 1.82) is 0 Å². The van der Waals surface area contributed by atoms with Crippen LogP contribution in [0.15, 0.2) is 12.1 Å². The molecule has 0 fully saturated rings. The summed E-state index contributed by atoms with van der Waals surface area (Å²) in [6, 6.07) is 3.75. The standard InChI is InChI=1S/C12H16N2O3/c1-15-5-4-12-13-8-6-10(16-2)11(17-3)7-9(8)14-12/h6-7H,4-5H2,1-3H3,(H,13,14). The molecular formula is C12H16N2O3. The van der Waals surface area contributed by atoms with E-state index >= 15 is 0 Å². The van der Waals surface area contributed by atoms with E-state index in [0.717, 1.165) is 23.3 Å². The minimum absolute atomic E-state index is 0.647. The molecule has 92 valence electrons. The quantitative estimate of drug-likeness (QED) is 0.859. The number of benzene rings is 1. The van der Waals surface area contributed by atoms with E-state index in [4.69, 9.17) is 14.2 Å². The first kappa shape index (κ1) is 11.7. The average molecular weight is 236 g/mol. The van der Waals surface area contributed by atoms with Crippen LogP contribution in [0.25, 0.3) is 11.0 Å². The first-order valence-corrected chi connectivity index (χ1v) is 5.38. The van der Waals surface area contributed by atoms with E-state index in [9.17, 15) is 0 Å². The largest absolute Gasteiger partial charge is 0.493 e. The maximum absolute atomic E-state index is 5.24. The fourth-order valence-corrected chi connectivity index (χ4v) is 1.71. The summed E-state index contributed by atoms with van der Waals surface area (Å²) in [6.07, 6.45) is 0.760. The molecule has 0 aliphatic heterocycles. The van der Waals surface area contributed by atoms with Crippen LogP contribution in [0.5, 0.6) is 11.5 Å². The highest BCUT2D eigenvalue weighted by Gasteiger charge is 2.09. The van der Waals surface area contributed by atoms with Crippen molar-refractivity contribution in [1.82, 2.24) is 9.97 Å². The summed E-state index contributed by atoms with van der Waals surface area (Å²) < 4.78 is 15.5. The molecule has 2 rings (SSSR count). The molecule has 17 heavy (non-hydrogen) atoms. The number of nitrogens with one attached hydrogen (secondary N) is 1. The summed E-state index contributed by atoms with van der Waals surface area (Å²) in [6.45, 7) is 0.647.